The zero-order chi connectivity index (χ0) is 15.8. The number of hydrogen-bond acceptors (Lipinski definition) is 4. The van der Waals surface area contributed by atoms with E-state index in [4.69, 9.17) is 4.74 Å². The van der Waals surface area contributed by atoms with Crippen LogP contribution in [0.1, 0.15) is 43.2 Å². The van der Waals surface area contributed by atoms with Gasteiger partial charge in [0.05, 0.1) is 6.42 Å². The highest BCUT2D eigenvalue weighted by Crippen LogP contribution is 2.58. The van der Waals surface area contributed by atoms with Crippen LogP contribution in [0.15, 0.2) is 23.8 Å². The lowest BCUT2D eigenvalue weighted by Gasteiger charge is -2.38. The van der Waals surface area contributed by atoms with Crippen molar-refractivity contribution in [1.29, 1.82) is 0 Å². The van der Waals surface area contributed by atoms with E-state index in [1.807, 2.05) is 12.1 Å². The lowest BCUT2D eigenvalue weighted by molar-refractivity contribution is -0.142. The molecule has 4 nitrogen and oxygen atoms in total. The smallest absolute Gasteiger partial charge is 0.309 e. The van der Waals surface area contributed by atoms with Crippen LogP contribution in [0.3, 0.4) is 0 Å². The molecule has 4 heteroatoms. The number of aliphatic hydroxyl groups is 1. The summed E-state index contributed by atoms with van der Waals surface area (Å²) in [4.78, 5) is 11.6. The van der Waals surface area contributed by atoms with Crippen molar-refractivity contribution in [3.05, 3.63) is 34.9 Å². The van der Waals surface area contributed by atoms with Crippen molar-refractivity contribution in [2.75, 3.05) is 0 Å². The van der Waals surface area contributed by atoms with E-state index in [2.05, 4.69) is 0 Å². The third-order valence-electron chi connectivity index (χ3n) is 6.47. The number of rotatable bonds is 0. The first-order chi connectivity index (χ1) is 11.1. The van der Waals surface area contributed by atoms with Crippen LogP contribution in [-0.2, 0) is 16.0 Å². The van der Waals surface area contributed by atoms with E-state index in [9.17, 15) is 15.0 Å². The number of ether oxygens (including phenoxy) is 1. The lowest BCUT2D eigenvalue weighted by atomic mass is 9.67. The Labute approximate surface area is 134 Å². The Morgan fingerprint density at radius 1 is 1.22 bits per heavy atom. The molecule has 23 heavy (non-hydrogen) atoms. The highest BCUT2D eigenvalue weighted by molar-refractivity contribution is 5.77. The summed E-state index contributed by atoms with van der Waals surface area (Å²) >= 11 is 0. The summed E-state index contributed by atoms with van der Waals surface area (Å²) in [7, 11) is 0. The van der Waals surface area contributed by atoms with E-state index in [1.165, 1.54) is 22.3 Å². The molecule has 1 aliphatic heterocycles. The molecular formula is C19H20O4. The van der Waals surface area contributed by atoms with Crippen LogP contribution < -0.4 is 0 Å². The normalized spacial score (nSPS) is 37.8. The van der Waals surface area contributed by atoms with E-state index < -0.39 is 5.60 Å². The van der Waals surface area contributed by atoms with Gasteiger partial charge in [-0.1, -0.05) is 11.6 Å². The Morgan fingerprint density at radius 2 is 2.09 bits per heavy atom. The van der Waals surface area contributed by atoms with Gasteiger partial charge in [-0.05, 0) is 72.8 Å². The fourth-order valence-electron chi connectivity index (χ4n) is 5.53. The molecule has 2 fully saturated rings. The average molecular weight is 312 g/mol. The molecule has 0 spiro atoms. The van der Waals surface area contributed by atoms with Gasteiger partial charge >= 0.3 is 5.97 Å². The van der Waals surface area contributed by atoms with Gasteiger partial charge in [-0.15, -0.1) is 0 Å². The Hall–Kier alpha value is -1.81. The predicted octanol–water partition coefficient (Wildman–Crippen LogP) is 2.57. The van der Waals surface area contributed by atoms with Crippen LogP contribution in [-0.4, -0.2) is 27.9 Å². The molecule has 120 valence electrons. The van der Waals surface area contributed by atoms with Crippen LogP contribution in [0.2, 0.25) is 0 Å². The molecule has 3 aliphatic carbocycles. The summed E-state index contributed by atoms with van der Waals surface area (Å²) in [5.74, 6) is 0.568. The monoisotopic (exact) mass is 312 g/mol. The van der Waals surface area contributed by atoms with Crippen molar-refractivity contribution in [1.82, 2.24) is 0 Å². The standard InChI is InChI=1S/C19H20O4/c20-11-2-4-12-10(7-11)1-3-14-13(12)5-6-16-15(14)8-17-19(16,22)9-18(21)23-17/h2,4,7,15-17,20,22H,1,3,5-6,8-9H2. The largest absolute Gasteiger partial charge is 0.508 e. The number of fused-ring (bicyclic) bond motifs is 6. The topological polar surface area (TPSA) is 66.8 Å². The number of aryl methyl sites for hydroxylation is 1. The first kappa shape index (κ1) is 13.6. The molecule has 1 saturated heterocycles. The highest BCUT2D eigenvalue weighted by atomic mass is 16.6. The van der Waals surface area contributed by atoms with E-state index in [-0.39, 0.29) is 24.4 Å². The fraction of sp³-hybridized carbons (Fsp3) is 0.526. The molecule has 0 amide bonds. The summed E-state index contributed by atoms with van der Waals surface area (Å²) in [5.41, 5.74) is 4.41. The van der Waals surface area contributed by atoms with Crippen molar-refractivity contribution in [3.8, 4) is 5.75 Å². The van der Waals surface area contributed by atoms with Gasteiger partial charge in [0.25, 0.3) is 0 Å². The van der Waals surface area contributed by atoms with Gasteiger partial charge < -0.3 is 14.9 Å². The molecule has 0 radical (unpaired) electrons. The SMILES string of the molecule is O=C1CC2(O)C(CC3C4=C(CCC32)c2ccc(O)cc2CC4)O1. The second-order valence-electron chi connectivity index (χ2n) is 7.48. The van der Waals surface area contributed by atoms with E-state index in [0.717, 1.165) is 32.1 Å². The Balaban J connectivity index is 1.57. The number of benzene rings is 1. The minimum absolute atomic E-state index is 0.149. The van der Waals surface area contributed by atoms with Gasteiger partial charge in [-0.3, -0.25) is 4.79 Å². The Bertz CT molecular complexity index is 750. The highest BCUT2D eigenvalue weighted by Gasteiger charge is 2.62. The van der Waals surface area contributed by atoms with Crippen LogP contribution in [0.5, 0.6) is 5.75 Å². The molecule has 0 aromatic heterocycles. The van der Waals surface area contributed by atoms with Gasteiger partial charge in [0.1, 0.15) is 17.5 Å². The summed E-state index contributed by atoms with van der Waals surface area (Å²) in [6.07, 6.45) is 4.38. The predicted molar refractivity (Wildman–Crippen MR) is 83.6 cm³/mol. The molecule has 1 saturated carbocycles. The number of carbonyl (C=O) groups excluding carboxylic acids is 1. The maximum Gasteiger partial charge on any atom is 0.309 e. The second kappa shape index (κ2) is 4.38. The number of carbonyl (C=O) groups is 1. The van der Waals surface area contributed by atoms with Gasteiger partial charge in [0.2, 0.25) is 0 Å². The summed E-state index contributed by atoms with van der Waals surface area (Å²) in [5, 5.41) is 20.7. The molecule has 1 aromatic carbocycles. The van der Waals surface area contributed by atoms with Gasteiger partial charge in [-0.2, -0.15) is 0 Å². The molecule has 4 unspecified atom stereocenters. The quantitative estimate of drug-likeness (QED) is 0.723. The zero-order valence-electron chi connectivity index (χ0n) is 12.9. The van der Waals surface area contributed by atoms with Crippen LogP contribution in [0.25, 0.3) is 5.57 Å². The maximum absolute atomic E-state index is 11.6. The Morgan fingerprint density at radius 3 is 2.96 bits per heavy atom. The molecule has 0 bridgehead atoms. The number of hydrogen-bond donors (Lipinski definition) is 2. The van der Waals surface area contributed by atoms with Crippen molar-refractivity contribution in [3.63, 3.8) is 0 Å². The van der Waals surface area contributed by atoms with Crippen LogP contribution >= 0.6 is 0 Å². The summed E-state index contributed by atoms with van der Waals surface area (Å²) in [6, 6.07) is 5.67. The van der Waals surface area contributed by atoms with Gasteiger partial charge in [0, 0.05) is 0 Å². The Kier molecular flexibility index (Phi) is 2.59. The number of esters is 1. The zero-order valence-corrected chi connectivity index (χ0v) is 12.9. The van der Waals surface area contributed by atoms with E-state index in [1.54, 1.807) is 6.07 Å². The van der Waals surface area contributed by atoms with Gasteiger partial charge in [0.15, 0.2) is 0 Å². The fourth-order valence-corrected chi connectivity index (χ4v) is 5.53. The number of phenols is 1. The molecule has 1 heterocycles. The van der Waals surface area contributed by atoms with Crippen molar-refractivity contribution in [2.45, 2.75) is 50.2 Å². The molecular weight excluding hydrogens is 292 g/mol. The minimum atomic E-state index is -0.949. The summed E-state index contributed by atoms with van der Waals surface area (Å²) in [6.45, 7) is 0. The molecule has 1 aromatic rings. The molecule has 4 aliphatic rings. The summed E-state index contributed by atoms with van der Waals surface area (Å²) < 4.78 is 5.40. The minimum Gasteiger partial charge on any atom is -0.508 e. The lowest BCUT2D eigenvalue weighted by Crippen LogP contribution is -2.41. The van der Waals surface area contributed by atoms with Crippen LogP contribution in [0.4, 0.5) is 0 Å². The molecule has 2 N–H and O–H groups in total. The first-order valence-electron chi connectivity index (χ1n) is 8.52. The number of aromatic hydroxyl groups is 1. The third-order valence-corrected chi connectivity index (χ3v) is 6.47. The van der Waals surface area contributed by atoms with Crippen LogP contribution in [0, 0.1) is 11.8 Å². The number of phenolic OH excluding ortho intramolecular Hbond substituents is 1. The van der Waals surface area contributed by atoms with E-state index in [0.29, 0.717) is 11.7 Å². The maximum atomic E-state index is 11.6. The molecule has 4 atom stereocenters. The van der Waals surface area contributed by atoms with Gasteiger partial charge in [-0.25, -0.2) is 0 Å². The van der Waals surface area contributed by atoms with Crippen molar-refractivity contribution >= 4 is 11.5 Å². The third kappa shape index (κ3) is 1.73. The van der Waals surface area contributed by atoms with Crippen molar-refractivity contribution < 1.29 is 19.7 Å². The average Bonchev–Trinajstić information content (AvgIpc) is 2.95. The van der Waals surface area contributed by atoms with Crippen molar-refractivity contribution in [2.24, 2.45) is 11.8 Å². The molecule has 5 rings (SSSR count). The number of allylic oxidation sites excluding steroid dienone is 2. The second-order valence-corrected chi connectivity index (χ2v) is 7.48. The van der Waals surface area contributed by atoms with E-state index >= 15 is 0 Å². The first-order valence-corrected chi connectivity index (χ1v) is 8.52.